The highest BCUT2D eigenvalue weighted by molar-refractivity contribution is 6.01. The lowest BCUT2D eigenvalue weighted by Crippen LogP contribution is -2.39. The Bertz CT molecular complexity index is 789. The van der Waals surface area contributed by atoms with Crippen LogP contribution >= 0.6 is 0 Å². The van der Waals surface area contributed by atoms with E-state index in [4.69, 9.17) is 0 Å². The van der Waals surface area contributed by atoms with Gasteiger partial charge in [0.1, 0.15) is 0 Å². The molecule has 2 aromatic rings. The number of hydrogen-bond donors (Lipinski definition) is 0. The van der Waals surface area contributed by atoms with E-state index in [-0.39, 0.29) is 17.9 Å². The molecule has 1 atom stereocenters. The van der Waals surface area contributed by atoms with Crippen molar-refractivity contribution in [3.8, 4) is 0 Å². The molecule has 0 aliphatic carbocycles. The molecule has 0 saturated carbocycles. The second-order valence-corrected chi connectivity index (χ2v) is 6.27. The van der Waals surface area contributed by atoms with Crippen LogP contribution in [0.5, 0.6) is 0 Å². The van der Waals surface area contributed by atoms with Gasteiger partial charge in [0.05, 0.1) is 6.04 Å². The third-order valence-corrected chi connectivity index (χ3v) is 4.65. The van der Waals surface area contributed by atoms with Crippen LogP contribution < -0.4 is 4.90 Å². The first kappa shape index (κ1) is 17.8. The Balaban J connectivity index is 1.81. The van der Waals surface area contributed by atoms with Crippen LogP contribution in [0, 0.1) is 0 Å². The highest BCUT2D eigenvalue weighted by Crippen LogP contribution is 2.30. The van der Waals surface area contributed by atoms with E-state index in [1.807, 2.05) is 4.90 Å². The Hall–Kier alpha value is -3.02. The monoisotopic (exact) mass is 350 g/mol. The molecule has 1 aromatic heterocycles. The number of hydrogen-bond acceptors (Lipinski definition) is 4. The lowest BCUT2D eigenvalue weighted by Gasteiger charge is -2.34. The molecule has 0 spiro atoms. The van der Waals surface area contributed by atoms with Crippen molar-refractivity contribution in [1.29, 1.82) is 0 Å². The number of amides is 2. The Morgan fingerprint density at radius 2 is 1.88 bits per heavy atom. The van der Waals surface area contributed by atoms with Gasteiger partial charge in [-0.15, -0.1) is 0 Å². The summed E-state index contributed by atoms with van der Waals surface area (Å²) in [5, 5.41) is 0. The van der Waals surface area contributed by atoms with Gasteiger partial charge in [0.2, 0.25) is 5.91 Å². The van der Waals surface area contributed by atoms with Crippen LogP contribution in [-0.2, 0) is 4.79 Å². The molecule has 2 amide bonds. The average molecular weight is 350 g/mol. The minimum Gasteiger partial charge on any atom is -0.328 e. The molecule has 1 aromatic carbocycles. The molecule has 1 fully saturated rings. The van der Waals surface area contributed by atoms with Crippen molar-refractivity contribution in [2.45, 2.75) is 25.3 Å². The number of likely N-dealkylation sites (N-methyl/N-ethyl adjacent to an activating group) is 1. The first-order chi connectivity index (χ1) is 12.6. The van der Waals surface area contributed by atoms with Gasteiger partial charge in [-0.3, -0.25) is 9.59 Å². The van der Waals surface area contributed by atoms with Gasteiger partial charge >= 0.3 is 0 Å². The Morgan fingerprint density at radius 3 is 2.54 bits per heavy atom. The second kappa shape index (κ2) is 7.91. The lowest BCUT2D eigenvalue weighted by atomic mass is 10.00. The topological polar surface area (TPSA) is 66.4 Å². The molecule has 6 heteroatoms. The molecule has 0 radical (unpaired) electrons. The fourth-order valence-corrected chi connectivity index (χ4v) is 3.18. The largest absolute Gasteiger partial charge is 0.328 e. The van der Waals surface area contributed by atoms with Gasteiger partial charge in [-0.25, -0.2) is 9.97 Å². The van der Waals surface area contributed by atoms with Crippen LogP contribution in [0.15, 0.2) is 55.4 Å². The summed E-state index contributed by atoms with van der Waals surface area (Å²) in [4.78, 5) is 36.7. The number of carbonyl (C=O) groups excluding carboxylic acids is 2. The van der Waals surface area contributed by atoms with Crippen molar-refractivity contribution in [2.75, 3.05) is 18.5 Å². The van der Waals surface area contributed by atoms with Gasteiger partial charge in [0.15, 0.2) is 5.82 Å². The molecule has 1 saturated heterocycles. The van der Waals surface area contributed by atoms with E-state index in [1.165, 1.54) is 11.0 Å². The van der Waals surface area contributed by atoms with Crippen LogP contribution in [0.2, 0.25) is 0 Å². The van der Waals surface area contributed by atoms with Gasteiger partial charge in [-0.05, 0) is 55.7 Å². The van der Waals surface area contributed by atoms with Gasteiger partial charge in [-0.1, -0.05) is 6.58 Å². The first-order valence-corrected chi connectivity index (χ1v) is 8.70. The molecule has 26 heavy (non-hydrogen) atoms. The normalized spacial score (nSPS) is 16.8. The molecule has 3 rings (SSSR count). The fraction of sp³-hybridized carbons (Fsp3) is 0.300. The van der Waals surface area contributed by atoms with E-state index >= 15 is 0 Å². The molecule has 0 bridgehead atoms. The highest BCUT2D eigenvalue weighted by Gasteiger charge is 2.30. The van der Waals surface area contributed by atoms with Crippen molar-refractivity contribution < 1.29 is 9.59 Å². The number of aromatic nitrogens is 2. The van der Waals surface area contributed by atoms with Crippen molar-refractivity contribution in [1.82, 2.24) is 14.9 Å². The zero-order chi connectivity index (χ0) is 18.5. The second-order valence-electron chi connectivity index (χ2n) is 6.27. The number of rotatable bonds is 4. The molecule has 6 nitrogen and oxygen atoms in total. The van der Waals surface area contributed by atoms with Crippen LogP contribution in [0.3, 0.4) is 0 Å². The third-order valence-electron chi connectivity index (χ3n) is 4.65. The smallest absolute Gasteiger partial charge is 0.254 e. The predicted molar refractivity (Wildman–Crippen MR) is 99.7 cm³/mol. The quantitative estimate of drug-likeness (QED) is 0.795. The van der Waals surface area contributed by atoms with E-state index in [1.54, 1.807) is 49.8 Å². The molecule has 0 N–H and O–H groups in total. The van der Waals surface area contributed by atoms with Crippen molar-refractivity contribution >= 4 is 17.5 Å². The van der Waals surface area contributed by atoms with Crippen molar-refractivity contribution in [3.05, 3.63) is 66.8 Å². The summed E-state index contributed by atoms with van der Waals surface area (Å²) in [5.74, 6) is 0.460. The maximum absolute atomic E-state index is 13.0. The summed E-state index contributed by atoms with van der Waals surface area (Å²) >= 11 is 0. The van der Waals surface area contributed by atoms with E-state index < -0.39 is 0 Å². The van der Waals surface area contributed by atoms with Crippen LogP contribution in [-0.4, -0.2) is 40.3 Å². The summed E-state index contributed by atoms with van der Waals surface area (Å²) in [6.45, 7) is 4.18. The van der Waals surface area contributed by atoms with Crippen LogP contribution in [0.25, 0.3) is 0 Å². The number of anilines is 1. The summed E-state index contributed by atoms with van der Waals surface area (Å²) in [5.41, 5.74) is 1.31. The number of benzene rings is 1. The Morgan fingerprint density at radius 1 is 1.19 bits per heavy atom. The predicted octanol–water partition coefficient (Wildman–Crippen LogP) is 2.99. The maximum Gasteiger partial charge on any atom is 0.254 e. The van der Waals surface area contributed by atoms with E-state index in [0.717, 1.165) is 19.3 Å². The zero-order valence-corrected chi connectivity index (χ0v) is 14.8. The lowest BCUT2D eigenvalue weighted by molar-refractivity contribution is -0.113. The summed E-state index contributed by atoms with van der Waals surface area (Å²) in [7, 11) is 1.67. The van der Waals surface area contributed by atoms with Gasteiger partial charge in [0, 0.05) is 37.2 Å². The summed E-state index contributed by atoms with van der Waals surface area (Å²) in [6, 6.07) is 8.73. The number of carbonyl (C=O) groups is 2. The van der Waals surface area contributed by atoms with E-state index in [9.17, 15) is 9.59 Å². The molecular weight excluding hydrogens is 328 g/mol. The fourth-order valence-electron chi connectivity index (χ4n) is 3.18. The van der Waals surface area contributed by atoms with Crippen molar-refractivity contribution in [3.63, 3.8) is 0 Å². The standard InChI is InChI=1S/C20H22N4O2/c1-3-18(25)23(2)16-10-8-15(9-11-16)20(26)24-14-5-4-7-17(24)19-21-12-6-13-22-19/h3,6,8-13,17H,1,4-5,7,14H2,2H3. The molecule has 134 valence electrons. The minimum absolute atomic E-state index is 0.0357. The van der Waals surface area contributed by atoms with Gasteiger partial charge in [0.25, 0.3) is 5.91 Å². The molecular formula is C20H22N4O2. The van der Waals surface area contributed by atoms with Crippen molar-refractivity contribution in [2.24, 2.45) is 0 Å². The van der Waals surface area contributed by atoms with Gasteiger partial charge < -0.3 is 9.80 Å². The zero-order valence-electron chi connectivity index (χ0n) is 14.8. The Kier molecular flexibility index (Phi) is 5.41. The maximum atomic E-state index is 13.0. The first-order valence-electron chi connectivity index (χ1n) is 8.70. The van der Waals surface area contributed by atoms with Gasteiger partial charge in [-0.2, -0.15) is 0 Å². The SMILES string of the molecule is C=CC(=O)N(C)c1ccc(C(=O)N2CCCCC2c2ncccn2)cc1. The van der Waals surface area contributed by atoms with Crippen LogP contribution in [0.4, 0.5) is 5.69 Å². The Labute approximate surface area is 153 Å². The molecule has 1 aliphatic rings. The molecule has 1 aliphatic heterocycles. The van der Waals surface area contributed by atoms with Crippen LogP contribution in [0.1, 0.15) is 41.5 Å². The summed E-state index contributed by atoms with van der Waals surface area (Å²) in [6.07, 6.45) is 7.58. The number of piperidine rings is 1. The molecule has 1 unspecified atom stereocenters. The third kappa shape index (κ3) is 3.64. The minimum atomic E-state index is -0.193. The molecule has 2 heterocycles. The highest BCUT2D eigenvalue weighted by atomic mass is 16.2. The average Bonchev–Trinajstić information content (AvgIpc) is 2.73. The number of nitrogens with zero attached hydrogens (tertiary/aromatic N) is 4. The number of likely N-dealkylation sites (tertiary alicyclic amines) is 1. The summed E-state index contributed by atoms with van der Waals surface area (Å²) < 4.78 is 0. The van der Waals surface area contributed by atoms with E-state index in [0.29, 0.717) is 23.6 Å². The van der Waals surface area contributed by atoms with E-state index in [2.05, 4.69) is 16.5 Å².